The van der Waals surface area contributed by atoms with Gasteiger partial charge in [-0.2, -0.15) is 5.01 Å². The van der Waals surface area contributed by atoms with E-state index in [4.69, 9.17) is 0 Å². The fourth-order valence-corrected chi connectivity index (χ4v) is 3.02. The van der Waals surface area contributed by atoms with Crippen LogP contribution in [0.3, 0.4) is 0 Å². The Morgan fingerprint density at radius 2 is 1.48 bits per heavy atom. The van der Waals surface area contributed by atoms with Gasteiger partial charge in [0.25, 0.3) is 17.3 Å². The Labute approximate surface area is 173 Å². The molecule has 1 saturated heterocycles. The van der Waals surface area contributed by atoms with Crippen molar-refractivity contribution in [3.63, 3.8) is 0 Å². The van der Waals surface area contributed by atoms with Crippen LogP contribution in [0.2, 0.25) is 0 Å². The van der Waals surface area contributed by atoms with Crippen LogP contribution in [0.15, 0.2) is 48.5 Å². The summed E-state index contributed by atoms with van der Waals surface area (Å²) in [6.07, 6.45) is -0.351. The van der Waals surface area contributed by atoms with Crippen molar-refractivity contribution in [3.05, 3.63) is 79.9 Å². The molecule has 2 aromatic rings. The maximum absolute atomic E-state index is 13.1. The van der Waals surface area contributed by atoms with Crippen LogP contribution in [0.25, 0.3) is 0 Å². The van der Waals surface area contributed by atoms with Crippen molar-refractivity contribution in [2.24, 2.45) is 0 Å². The molecular weight excluding hydrogens is 412 g/mol. The largest absolute Gasteiger partial charge is 0.292 e. The molecule has 1 aliphatic rings. The third-order valence-corrected chi connectivity index (χ3v) is 4.53. The van der Waals surface area contributed by atoms with E-state index in [2.05, 4.69) is 0 Å². The van der Waals surface area contributed by atoms with E-state index < -0.39 is 51.1 Å². The van der Waals surface area contributed by atoms with E-state index in [0.717, 1.165) is 24.3 Å². The summed E-state index contributed by atoms with van der Waals surface area (Å²) >= 11 is 0. The average molecular weight is 426 g/mol. The third-order valence-electron chi connectivity index (χ3n) is 4.53. The van der Waals surface area contributed by atoms with E-state index in [9.17, 15) is 39.4 Å². The lowest BCUT2D eigenvalue weighted by molar-refractivity contribution is -0.385. The monoisotopic (exact) mass is 426 g/mol. The average Bonchev–Trinajstić information content (AvgIpc) is 3.09. The second-order valence-corrected chi connectivity index (χ2v) is 6.46. The highest BCUT2D eigenvalue weighted by Gasteiger charge is 2.39. The van der Waals surface area contributed by atoms with E-state index >= 15 is 0 Å². The summed E-state index contributed by atoms with van der Waals surface area (Å²) in [6, 6.07) is 9.45. The maximum atomic E-state index is 13.1. The van der Waals surface area contributed by atoms with Crippen molar-refractivity contribution < 1.29 is 29.0 Å². The number of nitro groups is 2. The van der Waals surface area contributed by atoms with Gasteiger partial charge in [0.15, 0.2) is 5.78 Å². The van der Waals surface area contributed by atoms with Crippen molar-refractivity contribution in [1.29, 1.82) is 0 Å². The molecule has 1 heterocycles. The molecule has 1 fully saturated rings. The molecule has 3 amide bonds. The summed E-state index contributed by atoms with van der Waals surface area (Å²) in [5.41, 5.74) is -1.23. The second kappa shape index (κ2) is 8.49. The summed E-state index contributed by atoms with van der Waals surface area (Å²) in [5, 5.41) is 23.2. The van der Waals surface area contributed by atoms with Gasteiger partial charge < -0.3 is 0 Å². The van der Waals surface area contributed by atoms with Gasteiger partial charge in [0.1, 0.15) is 12.1 Å². The molecule has 0 aliphatic carbocycles. The zero-order valence-corrected chi connectivity index (χ0v) is 15.8. The van der Waals surface area contributed by atoms with Gasteiger partial charge in [-0.3, -0.25) is 39.4 Å². The lowest BCUT2D eigenvalue weighted by Crippen LogP contribution is -2.51. The fraction of sp³-hybridized carbons (Fsp3) is 0.158. The minimum Gasteiger partial charge on any atom is -0.292 e. The Kier molecular flexibility index (Phi) is 5.81. The third kappa shape index (κ3) is 4.27. The molecular formula is C19H14N4O8. The molecule has 0 saturated carbocycles. The Bertz CT molecular complexity index is 1100. The number of carbonyl (C=O) groups excluding carboxylic acids is 4. The van der Waals surface area contributed by atoms with Crippen LogP contribution < -0.4 is 0 Å². The lowest BCUT2D eigenvalue weighted by atomic mass is 10.1. The van der Waals surface area contributed by atoms with Crippen molar-refractivity contribution in [2.75, 3.05) is 6.54 Å². The first-order valence-corrected chi connectivity index (χ1v) is 8.89. The van der Waals surface area contributed by atoms with Crippen LogP contribution in [0, 0.1) is 20.2 Å². The number of nitrogens with zero attached hydrogens (tertiary/aromatic N) is 4. The number of nitro benzene ring substituents is 2. The minimum atomic E-state index is -1.08. The first-order chi connectivity index (χ1) is 14.7. The minimum absolute atomic E-state index is 0.00921. The predicted molar refractivity (Wildman–Crippen MR) is 103 cm³/mol. The number of para-hydroxylation sites is 1. The van der Waals surface area contributed by atoms with E-state index in [1.54, 1.807) is 0 Å². The standard InChI is InChI=1S/C19H14N4O8/c24-16(12-5-7-13(8-6-12)22(28)29)11-20(21-17(25)9-10-18(21)26)19(27)14-3-1-2-4-15(14)23(30)31/h1-8H,9-11H2. The summed E-state index contributed by atoms with van der Waals surface area (Å²) in [5.74, 6) is -3.26. The van der Waals surface area contributed by atoms with Gasteiger partial charge in [-0.05, 0) is 18.2 Å². The molecule has 3 rings (SSSR count). The van der Waals surface area contributed by atoms with Gasteiger partial charge in [0.2, 0.25) is 11.8 Å². The smallest absolute Gasteiger partial charge is 0.282 e. The van der Waals surface area contributed by atoms with E-state index in [0.29, 0.717) is 10.0 Å². The van der Waals surface area contributed by atoms with Crippen molar-refractivity contribution >= 4 is 34.9 Å². The molecule has 2 aromatic carbocycles. The van der Waals surface area contributed by atoms with Gasteiger partial charge in [-0.25, -0.2) is 5.01 Å². The molecule has 12 heteroatoms. The van der Waals surface area contributed by atoms with E-state index in [1.807, 2.05) is 0 Å². The molecule has 0 atom stereocenters. The zero-order valence-electron chi connectivity index (χ0n) is 15.8. The topological polar surface area (TPSA) is 161 Å². The summed E-state index contributed by atoms with van der Waals surface area (Å²) in [7, 11) is 0. The molecule has 0 bridgehead atoms. The molecule has 0 radical (unpaired) electrons. The van der Waals surface area contributed by atoms with Gasteiger partial charge >= 0.3 is 0 Å². The van der Waals surface area contributed by atoms with Crippen LogP contribution in [0.1, 0.15) is 33.6 Å². The van der Waals surface area contributed by atoms with Gasteiger partial charge in [-0.15, -0.1) is 0 Å². The van der Waals surface area contributed by atoms with Crippen LogP contribution in [0.4, 0.5) is 11.4 Å². The number of amides is 3. The highest BCUT2D eigenvalue weighted by Crippen LogP contribution is 2.24. The second-order valence-electron chi connectivity index (χ2n) is 6.46. The summed E-state index contributed by atoms with van der Waals surface area (Å²) in [6.45, 7) is -0.778. The number of hydrazine groups is 1. The SMILES string of the molecule is O=C(CN(C(=O)c1ccccc1[N+](=O)[O-])N1C(=O)CCC1=O)c1ccc([N+](=O)[O-])cc1. The van der Waals surface area contributed by atoms with E-state index in [-0.39, 0.29) is 24.1 Å². The number of rotatable bonds is 7. The number of hydrogen-bond donors (Lipinski definition) is 0. The Hall–Kier alpha value is -4.48. The quantitative estimate of drug-likeness (QED) is 0.281. The molecule has 0 spiro atoms. The summed E-state index contributed by atoms with van der Waals surface area (Å²) in [4.78, 5) is 70.8. The van der Waals surface area contributed by atoms with Gasteiger partial charge in [-0.1, -0.05) is 12.1 Å². The van der Waals surface area contributed by atoms with Crippen LogP contribution in [-0.4, -0.2) is 49.9 Å². The number of ketones is 1. The van der Waals surface area contributed by atoms with Crippen LogP contribution in [0.5, 0.6) is 0 Å². The molecule has 158 valence electrons. The molecule has 12 nitrogen and oxygen atoms in total. The molecule has 0 unspecified atom stereocenters. The van der Waals surface area contributed by atoms with Crippen molar-refractivity contribution in [1.82, 2.24) is 10.0 Å². The number of imide groups is 1. The van der Waals surface area contributed by atoms with Gasteiger partial charge in [0.05, 0.1) is 9.85 Å². The summed E-state index contributed by atoms with van der Waals surface area (Å²) < 4.78 is 0. The molecule has 0 N–H and O–H groups in total. The van der Waals surface area contributed by atoms with Gasteiger partial charge in [0, 0.05) is 36.6 Å². The number of hydrogen-bond acceptors (Lipinski definition) is 8. The van der Waals surface area contributed by atoms with Crippen LogP contribution >= 0.6 is 0 Å². The number of carbonyl (C=O) groups is 4. The number of non-ortho nitro benzene ring substituents is 1. The first kappa shape index (κ1) is 21.2. The van der Waals surface area contributed by atoms with Crippen LogP contribution in [-0.2, 0) is 9.59 Å². The molecule has 31 heavy (non-hydrogen) atoms. The van der Waals surface area contributed by atoms with Crippen molar-refractivity contribution in [2.45, 2.75) is 12.8 Å². The van der Waals surface area contributed by atoms with E-state index in [1.165, 1.54) is 24.3 Å². The maximum Gasteiger partial charge on any atom is 0.282 e. The fourth-order valence-electron chi connectivity index (χ4n) is 3.02. The normalized spacial score (nSPS) is 13.2. The Morgan fingerprint density at radius 1 is 0.903 bits per heavy atom. The Morgan fingerprint density at radius 3 is 2.03 bits per heavy atom. The van der Waals surface area contributed by atoms with Crippen molar-refractivity contribution in [3.8, 4) is 0 Å². The lowest BCUT2D eigenvalue weighted by Gasteiger charge is -2.29. The Balaban J connectivity index is 1.97. The predicted octanol–water partition coefficient (Wildman–Crippen LogP) is 1.89. The highest BCUT2D eigenvalue weighted by molar-refractivity contribution is 6.08. The highest BCUT2D eigenvalue weighted by atomic mass is 16.6. The number of Topliss-reactive ketones (excluding diaryl/α,β-unsaturated/α-hetero) is 1. The molecule has 0 aromatic heterocycles. The zero-order chi connectivity index (χ0) is 22.7. The first-order valence-electron chi connectivity index (χ1n) is 8.89. The number of benzene rings is 2. The molecule has 1 aliphatic heterocycles.